The van der Waals surface area contributed by atoms with Crippen LogP contribution in [0.5, 0.6) is 5.75 Å². The van der Waals surface area contributed by atoms with E-state index in [2.05, 4.69) is 24.3 Å². The van der Waals surface area contributed by atoms with Crippen LogP contribution in [0.15, 0.2) is 48.5 Å². The lowest BCUT2D eigenvalue weighted by molar-refractivity contribution is 0.136. The number of aliphatic hydroxyl groups is 1. The van der Waals surface area contributed by atoms with E-state index in [-0.39, 0.29) is 12.0 Å². The molecule has 0 amide bonds. The van der Waals surface area contributed by atoms with E-state index >= 15 is 0 Å². The molecule has 0 spiro atoms. The van der Waals surface area contributed by atoms with Gasteiger partial charge in [0, 0.05) is 11.5 Å². The molecule has 0 saturated heterocycles. The highest BCUT2D eigenvalue weighted by atomic mass is 16.5. The molecule has 2 unspecified atom stereocenters. The van der Waals surface area contributed by atoms with Gasteiger partial charge in [0.1, 0.15) is 5.75 Å². The summed E-state index contributed by atoms with van der Waals surface area (Å²) in [4.78, 5) is 0. The highest BCUT2D eigenvalue weighted by Gasteiger charge is 2.30. The second kappa shape index (κ2) is 5.90. The molecule has 1 aliphatic carbocycles. The Kier molecular flexibility index (Phi) is 3.98. The number of aliphatic hydroxyl groups excluding tert-OH is 1. The van der Waals surface area contributed by atoms with E-state index in [0.29, 0.717) is 0 Å². The second-order valence-corrected chi connectivity index (χ2v) is 5.99. The summed E-state index contributed by atoms with van der Waals surface area (Å²) in [5.74, 6) is 0.961. The average molecular weight is 282 g/mol. The number of para-hydroxylation sites is 1. The fourth-order valence-electron chi connectivity index (χ4n) is 3.22. The first-order chi connectivity index (χ1) is 10.2. The molecule has 0 aliphatic heterocycles. The molecule has 0 saturated carbocycles. The van der Waals surface area contributed by atoms with Gasteiger partial charge in [0.05, 0.1) is 12.2 Å². The Bertz CT molecular complexity index is 618. The van der Waals surface area contributed by atoms with Crippen LogP contribution in [0.2, 0.25) is 0 Å². The molecule has 0 aromatic heterocycles. The maximum Gasteiger partial charge on any atom is 0.125 e. The molecule has 110 valence electrons. The standard InChI is InChI=1S/C19H22O2/c1-13(2)21-18-10-6-5-9-17(18)19(20)16-12-11-14-7-3-4-8-15(14)16/h3-10,13,16,19-20H,11-12H2,1-2H3. The molecule has 0 radical (unpaired) electrons. The lowest BCUT2D eigenvalue weighted by atomic mass is 9.90. The number of hydrogen-bond donors (Lipinski definition) is 1. The van der Waals surface area contributed by atoms with Gasteiger partial charge in [-0.2, -0.15) is 0 Å². The Hall–Kier alpha value is -1.80. The highest BCUT2D eigenvalue weighted by molar-refractivity contribution is 5.41. The first kappa shape index (κ1) is 14.2. The van der Waals surface area contributed by atoms with E-state index in [0.717, 1.165) is 24.2 Å². The van der Waals surface area contributed by atoms with Crippen molar-refractivity contribution >= 4 is 0 Å². The van der Waals surface area contributed by atoms with Crippen LogP contribution in [0.25, 0.3) is 0 Å². The van der Waals surface area contributed by atoms with Crippen LogP contribution in [0, 0.1) is 0 Å². The summed E-state index contributed by atoms with van der Waals surface area (Å²) >= 11 is 0. The third-order valence-corrected chi connectivity index (χ3v) is 4.16. The zero-order valence-electron chi connectivity index (χ0n) is 12.6. The van der Waals surface area contributed by atoms with Crippen LogP contribution in [0.3, 0.4) is 0 Å². The minimum atomic E-state index is -0.511. The molecule has 2 nitrogen and oxygen atoms in total. The summed E-state index contributed by atoms with van der Waals surface area (Å²) in [5, 5.41) is 10.9. The van der Waals surface area contributed by atoms with Gasteiger partial charge in [-0.15, -0.1) is 0 Å². The number of ether oxygens (including phenoxy) is 1. The van der Waals surface area contributed by atoms with Crippen molar-refractivity contribution in [2.24, 2.45) is 0 Å². The number of benzene rings is 2. The summed E-state index contributed by atoms with van der Waals surface area (Å²) in [7, 11) is 0. The summed E-state index contributed by atoms with van der Waals surface area (Å²) in [6.07, 6.45) is 1.64. The Labute approximate surface area is 126 Å². The zero-order valence-corrected chi connectivity index (χ0v) is 12.6. The molecule has 0 bridgehead atoms. The van der Waals surface area contributed by atoms with E-state index in [4.69, 9.17) is 4.74 Å². The number of rotatable bonds is 4. The van der Waals surface area contributed by atoms with Crippen LogP contribution in [0.4, 0.5) is 0 Å². The third-order valence-electron chi connectivity index (χ3n) is 4.16. The van der Waals surface area contributed by atoms with Gasteiger partial charge in [0.15, 0.2) is 0 Å². The fraction of sp³-hybridized carbons (Fsp3) is 0.368. The number of fused-ring (bicyclic) bond motifs is 1. The molecule has 2 atom stereocenters. The Morgan fingerprint density at radius 1 is 1.05 bits per heavy atom. The SMILES string of the molecule is CC(C)Oc1ccccc1C(O)C1CCc2ccccc21. The van der Waals surface area contributed by atoms with Crippen molar-refractivity contribution in [1.29, 1.82) is 0 Å². The third kappa shape index (κ3) is 2.81. The minimum Gasteiger partial charge on any atom is -0.491 e. The van der Waals surface area contributed by atoms with Crippen molar-refractivity contribution in [1.82, 2.24) is 0 Å². The predicted molar refractivity (Wildman–Crippen MR) is 84.7 cm³/mol. The van der Waals surface area contributed by atoms with Crippen molar-refractivity contribution in [2.75, 3.05) is 0 Å². The van der Waals surface area contributed by atoms with Gasteiger partial charge in [-0.25, -0.2) is 0 Å². The van der Waals surface area contributed by atoms with Crippen molar-refractivity contribution in [3.63, 3.8) is 0 Å². The van der Waals surface area contributed by atoms with E-state index in [1.807, 2.05) is 38.1 Å². The van der Waals surface area contributed by atoms with Crippen LogP contribution in [-0.2, 0) is 6.42 Å². The number of aryl methyl sites for hydroxylation is 1. The van der Waals surface area contributed by atoms with Crippen molar-refractivity contribution < 1.29 is 9.84 Å². The second-order valence-electron chi connectivity index (χ2n) is 5.99. The molecule has 2 heteroatoms. The van der Waals surface area contributed by atoms with E-state index in [1.165, 1.54) is 11.1 Å². The van der Waals surface area contributed by atoms with E-state index in [1.54, 1.807) is 0 Å². The molecule has 0 fully saturated rings. The zero-order chi connectivity index (χ0) is 14.8. The molecule has 0 heterocycles. The molecular weight excluding hydrogens is 260 g/mol. The Morgan fingerprint density at radius 3 is 2.57 bits per heavy atom. The molecule has 2 aromatic rings. The highest BCUT2D eigenvalue weighted by Crippen LogP contribution is 2.43. The van der Waals surface area contributed by atoms with Crippen molar-refractivity contribution in [2.45, 2.75) is 44.8 Å². The van der Waals surface area contributed by atoms with Crippen LogP contribution >= 0.6 is 0 Å². The lowest BCUT2D eigenvalue weighted by Crippen LogP contribution is -2.13. The molecule has 21 heavy (non-hydrogen) atoms. The van der Waals surface area contributed by atoms with Crippen molar-refractivity contribution in [3.8, 4) is 5.75 Å². The minimum absolute atomic E-state index is 0.106. The Balaban J connectivity index is 1.91. The summed E-state index contributed by atoms with van der Waals surface area (Å²) < 4.78 is 5.85. The van der Waals surface area contributed by atoms with Gasteiger partial charge in [-0.1, -0.05) is 42.5 Å². The quantitative estimate of drug-likeness (QED) is 0.909. The molecule has 2 aromatic carbocycles. The Morgan fingerprint density at radius 2 is 1.76 bits per heavy atom. The van der Waals surface area contributed by atoms with Gasteiger partial charge >= 0.3 is 0 Å². The summed E-state index contributed by atoms with van der Waals surface area (Å²) in [6, 6.07) is 16.3. The number of hydrogen-bond acceptors (Lipinski definition) is 2. The predicted octanol–water partition coefficient (Wildman–Crippen LogP) is 4.24. The maximum atomic E-state index is 10.9. The van der Waals surface area contributed by atoms with Crippen molar-refractivity contribution in [3.05, 3.63) is 65.2 Å². The van der Waals surface area contributed by atoms with Crippen LogP contribution in [-0.4, -0.2) is 11.2 Å². The first-order valence-corrected chi connectivity index (χ1v) is 7.68. The summed E-state index contributed by atoms with van der Waals surface area (Å²) in [6.45, 7) is 4.02. The fourth-order valence-corrected chi connectivity index (χ4v) is 3.22. The van der Waals surface area contributed by atoms with Gasteiger partial charge in [0.2, 0.25) is 0 Å². The van der Waals surface area contributed by atoms with Gasteiger partial charge in [0.25, 0.3) is 0 Å². The first-order valence-electron chi connectivity index (χ1n) is 7.68. The molecular formula is C19H22O2. The molecule has 1 aliphatic rings. The van der Waals surface area contributed by atoms with E-state index < -0.39 is 6.10 Å². The molecule has 3 rings (SSSR count). The van der Waals surface area contributed by atoms with E-state index in [9.17, 15) is 5.11 Å². The largest absolute Gasteiger partial charge is 0.491 e. The lowest BCUT2D eigenvalue weighted by Gasteiger charge is -2.23. The average Bonchev–Trinajstić information content (AvgIpc) is 2.90. The van der Waals surface area contributed by atoms with Gasteiger partial charge < -0.3 is 9.84 Å². The smallest absolute Gasteiger partial charge is 0.125 e. The monoisotopic (exact) mass is 282 g/mol. The van der Waals surface area contributed by atoms with Crippen LogP contribution < -0.4 is 4.74 Å². The normalized spacial score (nSPS) is 18.6. The maximum absolute atomic E-state index is 10.9. The van der Waals surface area contributed by atoms with Gasteiger partial charge in [-0.3, -0.25) is 0 Å². The summed E-state index contributed by atoms with van der Waals surface area (Å²) in [5.41, 5.74) is 3.54. The topological polar surface area (TPSA) is 29.5 Å². The molecule has 1 N–H and O–H groups in total. The van der Waals surface area contributed by atoms with Crippen LogP contribution in [0.1, 0.15) is 49.0 Å². The van der Waals surface area contributed by atoms with Gasteiger partial charge in [-0.05, 0) is 43.9 Å².